The Balaban J connectivity index is 1.73. The van der Waals surface area contributed by atoms with Crippen molar-refractivity contribution >= 4 is 0 Å². The molecule has 0 aliphatic carbocycles. The molecule has 2 nitrogen and oxygen atoms in total. The number of hydrogen-bond donors (Lipinski definition) is 1. The summed E-state index contributed by atoms with van der Waals surface area (Å²) < 4.78 is 18.7. The van der Waals surface area contributed by atoms with Crippen LogP contribution in [0.5, 0.6) is 0 Å². The lowest BCUT2D eigenvalue weighted by molar-refractivity contribution is 0.0990. The summed E-state index contributed by atoms with van der Waals surface area (Å²) in [4.78, 5) is 0. The molecule has 1 N–H and O–H groups in total. The molecular weight excluding hydrogens is 243 g/mol. The van der Waals surface area contributed by atoms with Gasteiger partial charge in [0.1, 0.15) is 5.82 Å². The minimum atomic E-state index is -0.200. The standard InChI is InChI=1S/C16H23FO2/c17-15-6-1-4-13(11-15)10-14(12-18)5-2-7-16-8-3-9-19-16/h1,4,6,11,14,16,18H,2-3,5,7-10,12H2. The van der Waals surface area contributed by atoms with E-state index in [4.69, 9.17) is 4.74 Å². The van der Waals surface area contributed by atoms with Crippen LogP contribution in [0.1, 0.15) is 37.7 Å². The van der Waals surface area contributed by atoms with E-state index in [0.717, 1.165) is 37.9 Å². The second-order valence-electron chi connectivity index (χ2n) is 5.45. The maximum Gasteiger partial charge on any atom is 0.123 e. The normalized spacial score (nSPS) is 20.6. The van der Waals surface area contributed by atoms with E-state index in [-0.39, 0.29) is 18.3 Å². The van der Waals surface area contributed by atoms with Gasteiger partial charge in [0, 0.05) is 13.2 Å². The largest absolute Gasteiger partial charge is 0.396 e. The van der Waals surface area contributed by atoms with Gasteiger partial charge in [0.2, 0.25) is 0 Å². The highest BCUT2D eigenvalue weighted by molar-refractivity contribution is 5.16. The maximum absolute atomic E-state index is 13.1. The van der Waals surface area contributed by atoms with Crippen LogP contribution >= 0.6 is 0 Å². The van der Waals surface area contributed by atoms with Gasteiger partial charge < -0.3 is 9.84 Å². The van der Waals surface area contributed by atoms with Gasteiger partial charge in [-0.1, -0.05) is 18.6 Å². The van der Waals surface area contributed by atoms with Crippen molar-refractivity contribution in [2.24, 2.45) is 5.92 Å². The predicted molar refractivity (Wildman–Crippen MR) is 73.5 cm³/mol. The Morgan fingerprint density at radius 2 is 2.32 bits per heavy atom. The summed E-state index contributed by atoms with van der Waals surface area (Å²) in [6.07, 6.45) is 6.66. The van der Waals surface area contributed by atoms with Gasteiger partial charge >= 0.3 is 0 Å². The molecule has 19 heavy (non-hydrogen) atoms. The van der Waals surface area contributed by atoms with Crippen LogP contribution in [0.4, 0.5) is 4.39 Å². The van der Waals surface area contributed by atoms with E-state index in [0.29, 0.717) is 6.10 Å². The molecule has 1 aliphatic heterocycles. The lowest BCUT2D eigenvalue weighted by atomic mass is 9.94. The highest BCUT2D eigenvalue weighted by Crippen LogP contribution is 2.21. The monoisotopic (exact) mass is 266 g/mol. The summed E-state index contributed by atoms with van der Waals surface area (Å²) in [5.41, 5.74) is 0.969. The minimum Gasteiger partial charge on any atom is -0.396 e. The van der Waals surface area contributed by atoms with Gasteiger partial charge in [-0.2, -0.15) is 0 Å². The van der Waals surface area contributed by atoms with Crippen molar-refractivity contribution in [2.75, 3.05) is 13.2 Å². The zero-order valence-electron chi connectivity index (χ0n) is 11.4. The van der Waals surface area contributed by atoms with Crippen LogP contribution in [0, 0.1) is 11.7 Å². The zero-order chi connectivity index (χ0) is 13.5. The Morgan fingerprint density at radius 1 is 1.42 bits per heavy atom. The van der Waals surface area contributed by atoms with E-state index in [1.54, 1.807) is 12.1 Å². The van der Waals surface area contributed by atoms with Crippen LogP contribution < -0.4 is 0 Å². The Morgan fingerprint density at radius 3 is 3.00 bits per heavy atom. The molecule has 1 saturated heterocycles. The molecule has 1 aromatic rings. The van der Waals surface area contributed by atoms with Crippen molar-refractivity contribution in [3.63, 3.8) is 0 Å². The predicted octanol–water partition coefficient (Wildman–Crippen LogP) is 3.33. The van der Waals surface area contributed by atoms with E-state index >= 15 is 0 Å². The fraction of sp³-hybridized carbons (Fsp3) is 0.625. The molecule has 1 fully saturated rings. The third kappa shape index (κ3) is 4.92. The number of benzene rings is 1. The van der Waals surface area contributed by atoms with Crippen LogP contribution in [-0.4, -0.2) is 24.4 Å². The molecule has 0 aromatic heterocycles. The van der Waals surface area contributed by atoms with Crippen LogP contribution in [-0.2, 0) is 11.2 Å². The quantitative estimate of drug-likeness (QED) is 0.820. The average Bonchev–Trinajstić information content (AvgIpc) is 2.91. The van der Waals surface area contributed by atoms with Gasteiger partial charge in [-0.3, -0.25) is 0 Å². The van der Waals surface area contributed by atoms with E-state index < -0.39 is 0 Å². The number of hydrogen-bond acceptors (Lipinski definition) is 2. The number of aliphatic hydroxyl groups excluding tert-OH is 1. The van der Waals surface area contributed by atoms with Gasteiger partial charge in [-0.25, -0.2) is 4.39 Å². The minimum absolute atomic E-state index is 0.169. The molecule has 106 valence electrons. The van der Waals surface area contributed by atoms with Gasteiger partial charge in [-0.15, -0.1) is 0 Å². The Bertz CT molecular complexity index is 375. The first kappa shape index (κ1) is 14.5. The molecule has 2 rings (SSSR count). The summed E-state index contributed by atoms with van der Waals surface area (Å²) in [5, 5.41) is 9.42. The summed E-state index contributed by atoms with van der Waals surface area (Å²) in [6, 6.07) is 6.66. The van der Waals surface area contributed by atoms with Crippen molar-refractivity contribution in [2.45, 2.75) is 44.6 Å². The zero-order valence-corrected chi connectivity index (χ0v) is 11.4. The van der Waals surface area contributed by atoms with Crippen molar-refractivity contribution in [3.8, 4) is 0 Å². The van der Waals surface area contributed by atoms with Crippen LogP contribution in [0.2, 0.25) is 0 Å². The van der Waals surface area contributed by atoms with Crippen LogP contribution in [0.15, 0.2) is 24.3 Å². The molecule has 1 aromatic carbocycles. The molecule has 1 heterocycles. The second-order valence-corrected chi connectivity index (χ2v) is 5.45. The molecule has 0 spiro atoms. The fourth-order valence-corrected chi connectivity index (χ4v) is 2.76. The molecule has 0 bridgehead atoms. The lowest BCUT2D eigenvalue weighted by Crippen LogP contribution is -2.12. The lowest BCUT2D eigenvalue weighted by Gasteiger charge is -2.15. The topological polar surface area (TPSA) is 29.5 Å². The molecule has 0 saturated carbocycles. The van der Waals surface area contributed by atoms with Gasteiger partial charge in [0.05, 0.1) is 6.10 Å². The first-order valence-electron chi connectivity index (χ1n) is 7.25. The molecule has 2 atom stereocenters. The molecule has 1 aliphatic rings. The molecule has 0 amide bonds. The van der Waals surface area contributed by atoms with Crippen LogP contribution in [0.25, 0.3) is 0 Å². The van der Waals surface area contributed by atoms with E-state index in [1.165, 1.54) is 18.9 Å². The maximum atomic E-state index is 13.1. The van der Waals surface area contributed by atoms with Crippen LogP contribution in [0.3, 0.4) is 0 Å². The fourth-order valence-electron chi connectivity index (χ4n) is 2.76. The molecule has 0 radical (unpaired) electrons. The van der Waals surface area contributed by atoms with Crippen molar-refractivity contribution in [1.82, 2.24) is 0 Å². The Kier molecular flexibility index (Phi) is 5.80. The smallest absolute Gasteiger partial charge is 0.123 e. The highest BCUT2D eigenvalue weighted by atomic mass is 19.1. The van der Waals surface area contributed by atoms with Gasteiger partial charge in [0.25, 0.3) is 0 Å². The molecule has 3 heteroatoms. The number of aliphatic hydroxyl groups is 1. The van der Waals surface area contributed by atoms with Crippen molar-refractivity contribution in [3.05, 3.63) is 35.6 Å². The first-order chi connectivity index (χ1) is 9.28. The van der Waals surface area contributed by atoms with Gasteiger partial charge in [0.15, 0.2) is 0 Å². The van der Waals surface area contributed by atoms with E-state index in [2.05, 4.69) is 0 Å². The summed E-state index contributed by atoms with van der Waals surface area (Å²) in [6.45, 7) is 1.07. The second kappa shape index (κ2) is 7.61. The SMILES string of the molecule is OCC(CCCC1CCCO1)Cc1cccc(F)c1. The first-order valence-corrected chi connectivity index (χ1v) is 7.25. The van der Waals surface area contributed by atoms with Crippen molar-refractivity contribution < 1.29 is 14.2 Å². The molecule has 2 unspecified atom stereocenters. The number of halogens is 1. The summed E-state index contributed by atoms with van der Waals surface area (Å²) in [7, 11) is 0. The van der Waals surface area contributed by atoms with Gasteiger partial charge in [-0.05, 0) is 55.7 Å². The van der Waals surface area contributed by atoms with Crippen molar-refractivity contribution in [1.29, 1.82) is 0 Å². The third-order valence-corrected chi connectivity index (χ3v) is 3.83. The number of ether oxygens (including phenoxy) is 1. The Labute approximate surface area is 114 Å². The van der Waals surface area contributed by atoms with E-state index in [1.807, 2.05) is 6.07 Å². The third-order valence-electron chi connectivity index (χ3n) is 3.83. The molecular formula is C16H23FO2. The summed E-state index contributed by atoms with van der Waals surface area (Å²) >= 11 is 0. The average molecular weight is 266 g/mol. The highest BCUT2D eigenvalue weighted by Gasteiger charge is 2.16. The van der Waals surface area contributed by atoms with E-state index in [9.17, 15) is 9.50 Å². The summed E-state index contributed by atoms with van der Waals surface area (Å²) in [5.74, 6) is 0.0248. The Hall–Kier alpha value is -0.930. The number of rotatable bonds is 7.